The van der Waals surface area contributed by atoms with Crippen LogP contribution in [0.25, 0.3) is 5.69 Å². The summed E-state index contributed by atoms with van der Waals surface area (Å²) in [5.74, 6) is -0.119. The molecule has 0 unspecified atom stereocenters. The van der Waals surface area contributed by atoms with E-state index in [0.717, 1.165) is 5.56 Å². The molecule has 1 aromatic heterocycles. The maximum atomic E-state index is 13.1. The average molecular weight is 426 g/mol. The number of anilines is 1. The summed E-state index contributed by atoms with van der Waals surface area (Å²) in [5, 5.41) is 14.6. The highest BCUT2D eigenvalue weighted by molar-refractivity contribution is 6.31. The van der Waals surface area contributed by atoms with Gasteiger partial charge in [-0.3, -0.25) is 4.79 Å². The van der Waals surface area contributed by atoms with Gasteiger partial charge in [0.25, 0.3) is 5.91 Å². The number of hydrogen-bond donors (Lipinski definition) is 1. The molecule has 0 radical (unpaired) electrons. The van der Waals surface area contributed by atoms with Crippen LogP contribution in [-0.4, -0.2) is 68.1 Å². The number of aromatic nitrogens is 4. The molecule has 154 valence electrons. The van der Waals surface area contributed by atoms with E-state index >= 15 is 0 Å². The summed E-state index contributed by atoms with van der Waals surface area (Å²) in [6.07, 6.45) is 1.45. The first kappa shape index (κ1) is 19.8. The fraction of sp³-hybridized carbons (Fsp3) is 0.250. The molecule has 4 rings (SSSR count). The van der Waals surface area contributed by atoms with Crippen molar-refractivity contribution in [1.82, 2.24) is 30.0 Å². The molecule has 1 fully saturated rings. The standard InChI is InChI=1S/C20H20ClN7O2/c1-14-6-7-15(12-17(14)21)23-20(30)27-10-8-26(9-11-27)19(29)16-4-2-3-5-18(16)28-13-22-24-25-28/h2-7,12-13H,8-11H2,1H3,(H,23,30). The molecule has 0 atom stereocenters. The molecule has 10 heteroatoms. The highest BCUT2D eigenvalue weighted by Gasteiger charge is 2.26. The smallest absolute Gasteiger partial charge is 0.321 e. The summed E-state index contributed by atoms with van der Waals surface area (Å²) in [6.45, 7) is 3.64. The summed E-state index contributed by atoms with van der Waals surface area (Å²) in [6, 6.07) is 12.4. The summed E-state index contributed by atoms with van der Waals surface area (Å²) < 4.78 is 1.46. The Kier molecular flexibility index (Phi) is 5.62. The zero-order valence-electron chi connectivity index (χ0n) is 16.3. The fourth-order valence-corrected chi connectivity index (χ4v) is 3.46. The van der Waals surface area contributed by atoms with Gasteiger partial charge in [0.1, 0.15) is 6.33 Å². The molecule has 3 aromatic rings. The third-order valence-electron chi connectivity index (χ3n) is 5.01. The molecule has 0 saturated carbocycles. The number of para-hydroxylation sites is 1. The molecule has 1 N–H and O–H groups in total. The van der Waals surface area contributed by atoms with Gasteiger partial charge in [0.05, 0.1) is 11.3 Å². The number of benzene rings is 2. The van der Waals surface area contributed by atoms with Crippen LogP contribution < -0.4 is 5.32 Å². The Morgan fingerprint density at radius 3 is 2.47 bits per heavy atom. The van der Waals surface area contributed by atoms with Crippen LogP contribution in [0.2, 0.25) is 5.02 Å². The maximum absolute atomic E-state index is 13.1. The number of tetrazole rings is 1. The first-order valence-electron chi connectivity index (χ1n) is 9.46. The quantitative estimate of drug-likeness (QED) is 0.695. The van der Waals surface area contributed by atoms with Crippen molar-refractivity contribution < 1.29 is 9.59 Å². The number of urea groups is 1. The molecule has 2 heterocycles. The first-order valence-corrected chi connectivity index (χ1v) is 9.84. The van der Waals surface area contributed by atoms with Gasteiger partial charge in [-0.05, 0) is 47.2 Å². The normalized spacial score (nSPS) is 13.9. The largest absolute Gasteiger partial charge is 0.335 e. The molecule has 3 amide bonds. The van der Waals surface area contributed by atoms with Crippen LogP contribution in [0.3, 0.4) is 0 Å². The highest BCUT2D eigenvalue weighted by atomic mass is 35.5. The number of amides is 3. The van der Waals surface area contributed by atoms with Crippen LogP contribution >= 0.6 is 11.6 Å². The van der Waals surface area contributed by atoms with E-state index in [1.54, 1.807) is 34.1 Å². The lowest BCUT2D eigenvalue weighted by molar-refractivity contribution is 0.0671. The first-order chi connectivity index (χ1) is 14.5. The van der Waals surface area contributed by atoms with Crippen LogP contribution in [0.15, 0.2) is 48.8 Å². The Hall–Kier alpha value is -3.46. The van der Waals surface area contributed by atoms with Crippen LogP contribution in [0.1, 0.15) is 15.9 Å². The van der Waals surface area contributed by atoms with Gasteiger partial charge in [0.2, 0.25) is 0 Å². The highest BCUT2D eigenvalue weighted by Crippen LogP contribution is 2.21. The zero-order valence-corrected chi connectivity index (χ0v) is 17.1. The molecule has 0 aliphatic carbocycles. The number of carbonyl (C=O) groups is 2. The molecule has 1 aliphatic rings. The Morgan fingerprint density at radius 2 is 1.77 bits per heavy atom. The lowest BCUT2D eigenvalue weighted by atomic mass is 10.1. The molecule has 0 spiro atoms. The Morgan fingerprint density at radius 1 is 1.03 bits per heavy atom. The zero-order chi connectivity index (χ0) is 21.1. The van der Waals surface area contributed by atoms with Crippen LogP contribution in [0.4, 0.5) is 10.5 Å². The lowest BCUT2D eigenvalue weighted by Crippen LogP contribution is -2.51. The Bertz CT molecular complexity index is 1060. The SMILES string of the molecule is Cc1ccc(NC(=O)N2CCN(C(=O)c3ccccc3-n3cnnn3)CC2)cc1Cl. The molecule has 30 heavy (non-hydrogen) atoms. The molecule has 0 bridgehead atoms. The number of rotatable bonds is 3. The number of halogens is 1. The predicted molar refractivity (Wildman–Crippen MR) is 112 cm³/mol. The number of piperazine rings is 1. The van der Waals surface area contributed by atoms with E-state index in [9.17, 15) is 9.59 Å². The Labute approximate surface area is 178 Å². The van der Waals surface area contributed by atoms with Crippen molar-refractivity contribution >= 4 is 29.2 Å². The lowest BCUT2D eigenvalue weighted by Gasteiger charge is -2.35. The summed E-state index contributed by atoms with van der Waals surface area (Å²) in [4.78, 5) is 29.0. The van der Waals surface area contributed by atoms with E-state index in [2.05, 4.69) is 20.8 Å². The van der Waals surface area contributed by atoms with Crippen molar-refractivity contribution in [1.29, 1.82) is 0 Å². The minimum absolute atomic E-state index is 0.119. The Balaban J connectivity index is 1.39. The van der Waals surface area contributed by atoms with Crippen molar-refractivity contribution in [3.8, 4) is 5.69 Å². The molecule has 1 aliphatic heterocycles. The van der Waals surface area contributed by atoms with Crippen LogP contribution in [0, 0.1) is 6.92 Å². The number of aryl methyl sites for hydroxylation is 1. The summed E-state index contributed by atoms with van der Waals surface area (Å²) in [7, 11) is 0. The molecular formula is C20H20ClN7O2. The van der Waals surface area contributed by atoms with Gasteiger partial charge in [-0.15, -0.1) is 5.10 Å². The fourth-order valence-electron chi connectivity index (χ4n) is 3.28. The number of carbonyl (C=O) groups excluding carboxylic acids is 2. The van der Waals surface area contributed by atoms with Gasteiger partial charge < -0.3 is 15.1 Å². The van der Waals surface area contributed by atoms with Crippen LogP contribution in [0.5, 0.6) is 0 Å². The predicted octanol–water partition coefficient (Wildman–Crippen LogP) is 2.61. The van der Waals surface area contributed by atoms with Crippen molar-refractivity contribution in [2.45, 2.75) is 6.92 Å². The maximum Gasteiger partial charge on any atom is 0.321 e. The van der Waals surface area contributed by atoms with Gasteiger partial charge in [-0.1, -0.05) is 29.8 Å². The minimum atomic E-state index is -0.212. The topological polar surface area (TPSA) is 96.2 Å². The third-order valence-corrected chi connectivity index (χ3v) is 5.41. The number of nitrogens with zero attached hydrogens (tertiary/aromatic N) is 6. The van der Waals surface area contributed by atoms with E-state index in [1.165, 1.54) is 11.0 Å². The van der Waals surface area contributed by atoms with Crippen molar-refractivity contribution in [3.63, 3.8) is 0 Å². The van der Waals surface area contributed by atoms with Gasteiger partial charge in [-0.2, -0.15) is 4.68 Å². The van der Waals surface area contributed by atoms with Gasteiger partial charge in [0, 0.05) is 36.9 Å². The third kappa shape index (κ3) is 4.11. The average Bonchev–Trinajstić information content (AvgIpc) is 3.31. The molecular weight excluding hydrogens is 406 g/mol. The second-order valence-electron chi connectivity index (χ2n) is 6.94. The number of nitrogens with one attached hydrogen (secondary N) is 1. The van der Waals surface area contributed by atoms with E-state index < -0.39 is 0 Å². The van der Waals surface area contributed by atoms with E-state index in [1.807, 2.05) is 25.1 Å². The summed E-state index contributed by atoms with van der Waals surface area (Å²) >= 11 is 6.12. The second kappa shape index (κ2) is 8.50. The van der Waals surface area contributed by atoms with Crippen LogP contribution in [-0.2, 0) is 0 Å². The van der Waals surface area contributed by atoms with E-state index in [0.29, 0.717) is 48.1 Å². The molecule has 1 saturated heterocycles. The minimum Gasteiger partial charge on any atom is -0.335 e. The molecule has 9 nitrogen and oxygen atoms in total. The van der Waals surface area contributed by atoms with Gasteiger partial charge in [-0.25, -0.2) is 4.79 Å². The van der Waals surface area contributed by atoms with Crippen molar-refractivity contribution in [2.24, 2.45) is 0 Å². The molecule has 2 aromatic carbocycles. The van der Waals surface area contributed by atoms with Gasteiger partial charge >= 0.3 is 6.03 Å². The van der Waals surface area contributed by atoms with E-state index in [4.69, 9.17) is 11.6 Å². The number of hydrogen-bond acceptors (Lipinski definition) is 5. The van der Waals surface area contributed by atoms with E-state index in [-0.39, 0.29) is 11.9 Å². The monoisotopic (exact) mass is 425 g/mol. The van der Waals surface area contributed by atoms with Crippen molar-refractivity contribution in [2.75, 3.05) is 31.5 Å². The second-order valence-corrected chi connectivity index (χ2v) is 7.35. The summed E-state index contributed by atoms with van der Waals surface area (Å²) in [5.41, 5.74) is 2.72. The van der Waals surface area contributed by atoms with Crippen molar-refractivity contribution in [3.05, 3.63) is 64.9 Å². The van der Waals surface area contributed by atoms with Gasteiger partial charge in [0.15, 0.2) is 0 Å².